The van der Waals surface area contributed by atoms with E-state index in [9.17, 15) is 9.18 Å². The van der Waals surface area contributed by atoms with E-state index in [2.05, 4.69) is 10.4 Å². The van der Waals surface area contributed by atoms with Crippen LogP contribution in [-0.4, -0.2) is 15.7 Å². The zero-order chi connectivity index (χ0) is 18.0. The van der Waals surface area contributed by atoms with Crippen LogP contribution in [0.15, 0.2) is 48.7 Å². The molecule has 0 radical (unpaired) electrons. The molecule has 1 aromatic heterocycles. The molecule has 4 nitrogen and oxygen atoms in total. The lowest BCUT2D eigenvalue weighted by atomic mass is 10.2. The highest BCUT2D eigenvalue weighted by Crippen LogP contribution is 2.27. The smallest absolute Gasteiger partial charge is 0.258 e. The molecule has 0 saturated carbocycles. The lowest BCUT2D eigenvalue weighted by Crippen LogP contribution is -2.13. The number of carbonyl (C=O) groups excluding carboxylic acids is 1. The lowest BCUT2D eigenvalue weighted by Gasteiger charge is -2.06. The Labute approximate surface area is 158 Å². The Kier molecular flexibility index (Phi) is 5.27. The van der Waals surface area contributed by atoms with Crippen LogP contribution in [-0.2, 0) is 6.54 Å². The maximum Gasteiger partial charge on any atom is 0.258 e. The van der Waals surface area contributed by atoms with Crippen LogP contribution < -0.4 is 5.32 Å². The number of hydrogen-bond donors (Lipinski definition) is 1. The van der Waals surface area contributed by atoms with Crippen LogP contribution in [0.4, 0.5) is 10.2 Å². The van der Waals surface area contributed by atoms with Gasteiger partial charge in [0.05, 0.1) is 22.2 Å². The van der Waals surface area contributed by atoms with Gasteiger partial charge in [0.15, 0.2) is 5.82 Å². The van der Waals surface area contributed by atoms with E-state index in [1.807, 2.05) is 0 Å². The van der Waals surface area contributed by atoms with E-state index in [0.29, 0.717) is 6.54 Å². The molecule has 3 aromatic rings. The first-order chi connectivity index (χ1) is 11.9. The first kappa shape index (κ1) is 17.7. The van der Waals surface area contributed by atoms with Crippen LogP contribution in [0, 0.1) is 5.82 Å². The molecule has 2 aromatic carbocycles. The fourth-order valence-electron chi connectivity index (χ4n) is 2.24. The third-order valence-electron chi connectivity index (χ3n) is 3.38. The standard InChI is InChI=1S/C17H11Cl3FN3O/c18-13-6-2-5-12(15(13)20)17(25)22-16-14(19)9-24(23-16)8-10-3-1-4-11(21)7-10/h1-7,9H,8H2,(H,22,23,25). The number of aromatic nitrogens is 2. The molecule has 0 aliphatic carbocycles. The molecular weight excluding hydrogens is 388 g/mol. The molecule has 0 bridgehead atoms. The molecule has 0 unspecified atom stereocenters. The first-order valence-electron chi connectivity index (χ1n) is 7.17. The molecular formula is C17H11Cl3FN3O. The third kappa shape index (κ3) is 4.12. The van der Waals surface area contributed by atoms with Crippen LogP contribution in [0.3, 0.4) is 0 Å². The van der Waals surface area contributed by atoms with E-state index >= 15 is 0 Å². The molecule has 0 atom stereocenters. The minimum absolute atomic E-state index is 0.150. The van der Waals surface area contributed by atoms with Gasteiger partial charge in [0, 0.05) is 6.20 Å². The fraction of sp³-hybridized carbons (Fsp3) is 0.0588. The summed E-state index contributed by atoms with van der Waals surface area (Å²) in [5, 5.41) is 7.48. The Balaban J connectivity index is 1.78. The van der Waals surface area contributed by atoms with E-state index in [4.69, 9.17) is 34.8 Å². The Morgan fingerprint density at radius 3 is 2.64 bits per heavy atom. The van der Waals surface area contributed by atoms with Crippen molar-refractivity contribution in [3.05, 3.63) is 80.7 Å². The largest absolute Gasteiger partial charge is 0.304 e. The van der Waals surface area contributed by atoms with Crippen molar-refractivity contribution in [3.8, 4) is 0 Å². The Bertz CT molecular complexity index is 943. The summed E-state index contributed by atoms with van der Waals surface area (Å²) < 4.78 is 14.8. The zero-order valence-electron chi connectivity index (χ0n) is 12.6. The number of nitrogens with zero attached hydrogens (tertiary/aromatic N) is 2. The summed E-state index contributed by atoms with van der Waals surface area (Å²) in [7, 11) is 0. The lowest BCUT2D eigenvalue weighted by molar-refractivity contribution is 0.102. The zero-order valence-corrected chi connectivity index (χ0v) is 14.9. The average Bonchev–Trinajstić information content (AvgIpc) is 2.89. The monoisotopic (exact) mass is 397 g/mol. The molecule has 0 spiro atoms. The van der Waals surface area contributed by atoms with Gasteiger partial charge in [-0.15, -0.1) is 0 Å². The van der Waals surface area contributed by atoms with E-state index in [1.54, 1.807) is 36.5 Å². The maximum absolute atomic E-state index is 13.2. The van der Waals surface area contributed by atoms with Crippen LogP contribution in [0.5, 0.6) is 0 Å². The van der Waals surface area contributed by atoms with Crippen molar-refractivity contribution < 1.29 is 9.18 Å². The molecule has 8 heteroatoms. The number of hydrogen-bond acceptors (Lipinski definition) is 2. The van der Waals surface area contributed by atoms with Crippen molar-refractivity contribution in [2.24, 2.45) is 0 Å². The highest BCUT2D eigenvalue weighted by atomic mass is 35.5. The van der Waals surface area contributed by atoms with Gasteiger partial charge in [-0.3, -0.25) is 9.48 Å². The highest BCUT2D eigenvalue weighted by Gasteiger charge is 2.16. The van der Waals surface area contributed by atoms with Crippen LogP contribution >= 0.6 is 34.8 Å². The predicted octanol–water partition coefficient (Wildman–Crippen LogP) is 5.28. The molecule has 1 N–H and O–H groups in total. The van der Waals surface area contributed by atoms with Crippen LogP contribution in [0.2, 0.25) is 15.1 Å². The first-order valence-corrected chi connectivity index (χ1v) is 8.30. The summed E-state index contributed by atoms with van der Waals surface area (Å²) in [4.78, 5) is 12.3. The molecule has 0 aliphatic rings. The second kappa shape index (κ2) is 7.44. The Morgan fingerprint density at radius 1 is 1.12 bits per heavy atom. The van der Waals surface area contributed by atoms with Gasteiger partial charge in [-0.25, -0.2) is 4.39 Å². The number of nitrogens with one attached hydrogen (secondary N) is 1. The average molecular weight is 399 g/mol. The molecule has 25 heavy (non-hydrogen) atoms. The van der Waals surface area contributed by atoms with Crippen molar-refractivity contribution in [1.29, 1.82) is 0 Å². The predicted molar refractivity (Wildman–Crippen MR) is 97.2 cm³/mol. The minimum Gasteiger partial charge on any atom is -0.304 e. The second-order valence-electron chi connectivity index (χ2n) is 5.21. The fourth-order valence-corrected chi connectivity index (χ4v) is 2.82. The summed E-state index contributed by atoms with van der Waals surface area (Å²) in [6, 6.07) is 10.9. The van der Waals surface area contributed by atoms with E-state index in [0.717, 1.165) is 5.56 Å². The van der Waals surface area contributed by atoms with E-state index < -0.39 is 5.91 Å². The van der Waals surface area contributed by atoms with E-state index in [-0.39, 0.29) is 32.3 Å². The number of amides is 1. The molecule has 0 saturated heterocycles. The normalized spacial score (nSPS) is 10.7. The van der Waals surface area contributed by atoms with Gasteiger partial charge in [0.25, 0.3) is 5.91 Å². The van der Waals surface area contributed by atoms with Gasteiger partial charge in [0.1, 0.15) is 10.8 Å². The number of anilines is 1. The van der Waals surface area contributed by atoms with Gasteiger partial charge in [-0.05, 0) is 29.8 Å². The topological polar surface area (TPSA) is 46.9 Å². The third-order valence-corrected chi connectivity index (χ3v) is 4.47. The number of halogens is 4. The van der Waals surface area contributed by atoms with Gasteiger partial charge >= 0.3 is 0 Å². The summed E-state index contributed by atoms with van der Waals surface area (Å²) in [6.45, 7) is 0.311. The highest BCUT2D eigenvalue weighted by molar-refractivity contribution is 6.44. The number of rotatable bonds is 4. The Morgan fingerprint density at radius 2 is 1.88 bits per heavy atom. The molecule has 128 valence electrons. The quantitative estimate of drug-likeness (QED) is 0.649. The van der Waals surface area contributed by atoms with Gasteiger partial charge in [0.2, 0.25) is 0 Å². The summed E-state index contributed by atoms with van der Waals surface area (Å²) in [6.07, 6.45) is 1.54. The molecule has 3 rings (SSSR count). The summed E-state index contributed by atoms with van der Waals surface area (Å²) >= 11 is 18.1. The van der Waals surface area contributed by atoms with E-state index in [1.165, 1.54) is 16.8 Å². The maximum atomic E-state index is 13.2. The number of benzene rings is 2. The summed E-state index contributed by atoms with van der Waals surface area (Å²) in [5.74, 6) is -0.635. The van der Waals surface area contributed by atoms with Crippen molar-refractivity contribution in [1.82, 2.24) is 9.78 Å². The SMILES string of the molecule is O=C(Nc1nn(Cc2cccc(F)c2)cc1Cl)c1cccc(Cl)c1Cl. The summed E-state index contributed by atoms with van der Waals surface area (Å²) in [5.41, 5.74) is 0.930. The van der Waals surface area contributed by atoms with Crippen LogP contribution in [0.1, 0.15) is 15.9 Å². The molecule has 1 amide bonds. The van der Waals surface area contributed by atoms with Crippen molar-refractivity contribution in [2.75, 3.05) is 5.32 Å². The molecule has 0 fully saturated rings. The minimum atomic E-state index is -0.481. The van der Waals surface area contributed by atoms with Gasteiger partial charge in [-0.2, -0.15) is 5.10 Å². The second-order valence-corrected chi connectivity index (χ2v) is 6.40. The Hall–Kier alpha value is -2.08. The van der Waals surface area contributed by atoms with Gasteiger partial charge < -0.3 is 5.32 Å². The molecule has 0 aliphatic heterocycles. The number of carbonyl (C=O) groups is 1. The van der Waals surface area contributed by atoms with Crippen molar-refractivity contribution >= 4 is 46.5 Å². The van der Waals surface area contributed by atoms with Crippen molar-refractivity contribution in [2.45, 2.75) is 6.54 Å². The van der Waals surface area contributed by atoms with Crippen LogP contribution in [0.25, 0.3) is 0 Å². The van der Waals surface area contributed by atoms with Crippen molar-refractivity contribution in [3.63, 3.8) is 0 Å². The van der Waals surface area contributed by atoms with Gasteiger partial charge in [-0.1, -0.05) is 53.0 Å². The molecule has 1 heterocycles.